The Balaban J connectivity index is 0.00000308. The Bertz CT molecular complexity index is 1580. The van der Waals surface area contributed by atoms with E-state index in [1.807, 2.05) is 42.5 Å². The van der Waals surface area contributed by atoms with Crippen molar-refractivity contribution in [2.45, 2.75) is 29.8 Å². The van der Waals surface area contributed by atoms with Gasteiger partial charge in [0.2, 0.25) is 5.91 Å². The normalized spacial score (nSPS) is 12.4. The second kappa shape index (κ2) is 17.4. The number of benzene rings is 3. The summed E-state index contributed by atoms with van der Waals surface area (Å²) in [6.07, 6.45) is 2.52. The summed E-state index contributed by atoms with van der Waals surface area (Å²) in [6, 6.07) is 23.2. The summed E-state index contributed by atoms with van der Waals surface area (Å²) < 4.78 is 39.9. The number of rotatable bonds is 13. The van der Waals surface area contributed by atoms with E-state index in [0.717, 1.165) is 17.7 Å². The van der Waals surface area contributed by atoms with Crippen molar-refractivity contribution in [3.8, 4) is 5.75 Å². The van der Waals surface area contributed by atoms with Crippen LogP contribution in [0, 0.1) is 0 Å². The second-order valence-corrected chi connectivity index (χ2v) is 11.2. The van der Waals surface area contributed by atoms with Crippen molar-refractivity contribution < 1.29 is 22.5 Å². The fourth-order valence-electron chi connectivity index (χ4n) is 4.80. The minimum Gasteiger partial charge on any atom is -0.492 e. The maximum absolute atomic E-state index is 12.3. The molecule has 1 heterocycles. The average molecular weight is 672 g/mol. The molecule has 4 aromatic rings. The molecule has 0 spiro atoms. The smallest absolute Gasteiger partial charge is 0.295 e. The monoisotopic (exact) mass is 670 g/mol. The van der Waals surface area contributed by atoms with Gasteiger partial charge in [-0.25, -0.2) is 0 Å². The molecule has 0 saturated carbocycles. The number of para-hydroxylation sites is 1. The molecule has 1 amide bonds. The molecule has 3 aromatic carbocycles. The van der Waals surface area contributed by atoms with Crippen molar-refractivity contribution in [2.75, 3.05) is 27.2 Å². The number of ether oxygens (including phenoxy) is 1. The summed E-state index contributed by atoms with van der Waals surface area (Å²) in [7, 11) is -0.911. The molecule has 1 aromatic heterocycles. The van der Waals surface area contributed by atoms with Crippen LogP contribution in [-0.2, 0) is 21.3 Å². The predicted molar refractivity (Wildman–Crippen MR) is 177 cm³/mol. The topological polar surface area (TPSA) is 135 Å². The third kappa shape index (κ3) is 10.0. The Morgan fingerprint density at radius 3 is 2.28 bits per heavy atom. The first-order chi connectivity index (χ1) is 19.1. The van der Waals surface area contributed by atoms with Gasteiger partial charge in [0.25, 0.3) is 10.1 Å². The van der Waals surface area contributed by atoms with Crippen LogP contribution in [-0.4, -0.2) is 62.1 Å². The van der Waals surface area contributed by atoms with Gasteiger partial charge in [-0.05, 0) is 49.8 Å². The quantitative estimate of drug-likeness (QED) is 0.136. The summed E-state index contributed by atoms with van der Waals surface area (Å²) >= 11 is 0. The lowest BCUT2D eigenvalue weighted by atomic mass is 9.98. The molecular formula is C30H37Cl3N4O5S. The van der Waals surface area contributed by atoms with E-state index < -0.39 is 28.1 Å². The maximum atomic E-state index is 12.3. The number of pyridine rings is 1. The molecular weight excluding hydrogens is 635 g/mol. The Morgan fingerprint density at radius 2 is 1.63 bits per heavy atom. The molecule has 0 aliphatic carbocycles. The van der Waals surface area contributed by atoms with Crippen LogP contribution in [0.3, 0.4) is 0 Å². The van der Waals surface area contributed by atoms with Gasteiger partial charge in [-0.2, -0.15) is 8.42 Å². The van der Waals surface area contributed by atoms with Crippen LogP contribution < -0.4 is 15.8 Å². The average Bonchev–Trinajstić information content (AvgIpc) is 2.92. The van der Waals surface area contributed by atoms with E-state index in [1.165, 1.54) is 17.8 Å². The Kier molecular flexibility index (Phi) is 15.4. The van der Waals surface area contributed by atoms with Gasteiger partial charge in [-0.1, -0.05) is 60.7 Å². The Labute approximate surface area is 271 Å². The lowest BCUT2D eigenvalue weighted by Crippen LogP contribution is -2.43. The minimum absolute atomic E-state index is 0. The van der Waals surface area contributed by atoms with E-state index in [1.54, 1.807) is 37.2 Å². The number of nitrogens with two attached hydrogens (primary N) is 1. The minimum atomic E-state index is -4.45. The van der Waals surface area contributed by atoms with E-state index in [4.69, 9.17) is 10.5 Å². The van der Waals surface area contributed by atoms with Gasteiger partial charge < -0.3 is 15.8 Å². The standard InChI is InChI=1S/C30H34N4O5S.3ClH/c1-34(2)26(30(31)35)20-25(29-24-12-8-14-28(40(36,37)38)23(24)15-16-33-29)32-17-18-39-27-13-7-6-11-22(27)19-21-9-4-3-5-10-21;;;/h3-16,25-26,32H,17-20H2,1-2H3,(H2,31,35)(H,36,37,38);3*1H. The van der Waals surface area contributed by atoms with E-state index in [-0.39, 0.29) is 48.5 Å². The van der Waals surface area contributed by atoms with Crippen molar-refractivity contribution in [3.63, 3.8) is 0 Å². The van der Waals surface area contributed by atoms with Crippen LogP contribution in [0.15, 0.2) is 90.0 Å². The number of likely N-dealkylation sites (N-methyl/N-ethyl adjacent to an activating group) is 1. The third-order valence-electron chi connectivity index (χ3n) is 6.78. The van der Waals surface area contributed by atoms with Crippen molar-refractivity contribution in [1.29, 1.82) is 0 Å². The number of aromatic nitrogens is 1. The number of nitrogens with zero attached hydrogens (tertiary/aromatic N) is 2. The third-order valence-corrected chi connectivity index (χ3v) is 7.69. The largest absolute Gasteiger partial charge is 0.492 e. The number of primary amides is 1. The molecule has 2 atom stereocenters. The van der Waals surface area contributed by atoms with Gasteiger partial charge in [-0.15, -0.1) is 37.2 Å². The zero-order valence-electron chi connectivity index (χ0n) is 23.8. The highest BCUT2D eigenvalue weighted by atomic mass is 35.5. The van der Waals surface area contributed by atoms with Gasteiger partial charge >= 0.3 is 0 Å². The van der Waals surface area contributed by atoms with Crippen molar-refractivity contribution in [2.24, 2.45) is 5.73 Å². The van der Waals surface area contributed by atoms with E-state index >= 15 is 0 Å². The zero-order valence-corrected chi connectivity index (χ0v) is 27.0. The Morgan fingerprint density at radius 1 is 0.953 bits per heavy atom. The highest BCUT2D eigenvalue weighted by Gasteiger charge is 2.27. The number of hydrogen-bond acceptors (Lipinski definition) is 7. The van der Waals surface area contributed by atoms with Crippen LogP contribution in [0.2, 0.25) is 0 Å². The van der Waals surface area contributed by atoms with Crippen LogP contribution in [0.5, 0.6) is 5.75 Å². The molecule has 234 valence electrons. The molecule has 0 radical (unpaired) electrons. The number of carbonyl (C=O) groups is 1. The molecule has 4 rings (SSSR count). The highest BCUT2D eigenvalue weighted by molar-refractivity contribution is 7.86. The lowest BCUT2D eigenvalue weighted by molar-refractivity contribution is -0.122. The predicted octanol–water partition coefficient (Wildman–Crippen LogP) is 4.85. The molecule has 0 bridgehead atoms. The molecule has 43 heavy (non-hydrogen) atoms. The SMILES string of the molecule is CN(C)C(CC(NCCOc1ccccc1Cc1ccccc1)c1nccc2c(S(=O)(=O)O)cccc12)C(N)=O.Cl.Cl.Cl. The zero-order chi connectivity index (χ0) is 28.7. The number of carbonyl (C=O) groups excluding carboxylic acids is 1. The van der Waals surface area contributed by atoms with Crippen molar-refractivity contribution >= 4 is 64.0 Å². The van der Waals surface area contributed by atoms with E-state index in [9.17, 15) is 17.8 Å². The van der Waals surface area contributed by atoms with Crippen LogP contribution >= 0.6 is 37.2 Å². The summed E-state index contributed by atoms with van der Waals surface area (Å²) in [4.78, 5) is 18.3. The number of fused-ring (bicyclic) bond motifs is 1. The lowest BCUT2D eigenvalue weighted by Gasteiger charge is -2.27. The molecule has 0 aliphatic heterocycles. The van der Waals surface area contributed by atoms with Crippen molar-refractivity contribution in [1.82, 2.24) is 15.2 Å². The summed E-state index contributed by atoms with van der Waals surface area (Å²) in [5, 5.41) is 4.32. The van der Waals surface area contributed by atoms with E-state index in [0.29, 0.717) is 29.6 Å². The molecule has 4 N–H and O–H groups in total. The first kappa shape index (κ1) is 38.1. The van der Waals surface area contributed by atoms with Gasteiger partial charge in [-0.3, -0.25) is 19.2 Å². The number of nitrogens with one attached hydrogen (secondary N) is 1. The number of hydrogen-bond donors (Lipinski definition) is 3. The van der Waals surface area contributed by atoms with Gasteiger partial charge in [0, 0.05) is 29.9 Å². The summed E-state index contributed by atoms with van der Waals surface area (Å²) in [5.74, 6) is 0.302. The molecule has 9 nitrogen and oxygen atoms in total. The maximum Gasteiger partial charge on any atom is 0.295 e. The van der Waals surface area contributed by atoms with Crippen LogP contribution in [0.4, 0.5) is 0 Å². The molecule has 13 heteroatoms. The fraction of sp³-hybridized carbons (Fsp3) is 0.267. The molecule has 0 aliphatic rings. The Hall–Kier alpha value is -2.96. The van der Waals surface area contributed by atoms with Crippen molar-refractivity contribution in [3.05, 3.63) is 102 Å². The summed E-state index contributed by atoms with van der Waals surface area (Å²) in [5.41, 5.74) is 8.50. The fourth-order valence-corrected chi connectivity index (χ4v) is 5.51. The number of amides is 1. The number of halogens is 3. The second-order valence-electron chi connectivity index (χ2n) is 9.77. The van der Waals surface area contributed by atoms with Crippen LogP contribution in [0.25, 0.3) is 10.8 Å². The molecule has 0 fully saturated rings. The highest BCUT2D eigenvalue weighted by Crippen LogP contribution is 2.30. The van der Waals surface area contributed by atoms with Gasteiger partial charge in [0.1, 0.15) is 17.3 Å². The summed E-state index contributed by atoms with van der Waals surface area (Å²) in [6.45, 7) is 0.756. The first-order valence-corrected chi connectivity index (χ1v) is 14.4. The van der Waals surface area contributed by atoms with Crippen LogP contribution in [0.1, 0.15) is 29.3 Å². The van der Waals surface area contributed by atoms with Gasteiger partial charge in [0.15, 0.2) is 0 Å². The first-order valence-electron chi connectivity index (χ1n) is 12.9. The van der Waals surface area contributed by atoms with Gasteiger partial charge in [0.05, 0.1) is 17.8 Å². The molecule has 0 saturated heterocycles. The van der Waals surface area contributed by atoms with E-state index in [2.05, 4.69) is 22.4 Å². The molecule has 2 unspecified atom stereocenters.